The van der Waals surface area contributed by atoms with Gasteiger partial charge in [-0.3, -0.25) is 15.1 Å². The van der Waals surface area contributed by atoms with E-state index in [4.69, 9.17) is 9.47 Å². The number of ether oxygens (including phenoxy) is 2. The van der Waals surface area contributed by atoms with Crippen LogP contribution in [0.15, 0.2) is 48.8 Å². The molecule has 4 heterocycles. The number of fused-ring (bicyclic) bond motifs is 2. The Morgan fingerprint density at radius 3 is 2.90 bits per heavy atom. The van der Waals surface area contributed by atoms with Crippen LogP contribution in [0.3, 0.4) is 0 Å². The molecule has 0 unspecified atom stereocenters. The zero-order chi connectivity index (χ0) is 19.8. The third-order valence-corrected chi connectivity index (χ3v) is 5.36. The van der Waals surface area contributed by atoms with Crippen LogP contribution in [-0.4, -0.2) is 26.7 Å². The van der Waals surface area contributed by atoms with Crippen molar-refractivity contribution >= 4 is 32.4 Å². The number of nitrogens with zero attached hydrogens (tertiary/aromatic N) is 4. The van der Waals surface area contributed by atoms with Crippen LogP contribution in [0.5, 0.6) is 11.5 Å². The predicted octanol–water partition coefficient (Wildman–Crippen LogP) is 4.00. The van der Waals surface area contributed by atoms with Crippen LogP contribution >= 0.6 is 11.3 Å². The van der Waals surface area contributed by atoms with Crippen LogP contribution in [0, 0.1) is 10.1 Å². The van der Waals surface area contributed by atoms with Gasteiger partial charge in [0.1, 0.15) is 10.6 Å². The van der Waals surface area contributed by atoms with Crippen molar-refractivity contribution in [1.82, 2.24) is 15.0 Å². The summed E-state index contributed by atoms with van der Waals surface area (Å²) in [5.74, 6) is 2.39. The Labute approximate surface area is 168 Å². The molecule has 3 aromatic heterocycles. The summed E-state index contributed by atoms with van der Waals surface area (Å²) in [6.45, 7) is 0.671. The van der Waals surface area contributed by atoms with Crippen LogP contribution in [0.1, 0.15) is 5.56 Å². The van der Waals surface area contributed by atoms with Crippen molar-refractivity contribution in [2.75, 3.05) is 12.1 Å². The summed E-state index contributed by atoms with van der Waals surface area (Å²) in [6, 6.07) is 10.8. The molecule has 1 N–H and O–H groups in total. The van der Waals surface area contributed by atoms with Crippen LogP contribution in [0.2, 0.25) is 0 Å². The minimum atomic E-state index is -0.419. The molecule has 0 fully saturated rings. The number of rotatable bonds is 5. The maximum absolute atomic E-state index is 11.2. The molecule has 0 bridgehead atoms. The average molecular weight is 407 g/mol. The lowest BCUT2D eigenvalue weighted by molar-refractivity contribution is -0.380. The highest BCUT2D eigenvalue weighted by atomic mass is 32.1. The van der Waals surface area contributed by atoms with Crippen LogP contribution in [0.4, 0.5) is 10.8 Å². The quantitative estimate of drug-likeness (QED) is 0.390. The molecule has 0 aliphatic carbocycles. The van der Waals surface area contributed by atoms with Crippen molar-refractivity contribution in [3.8, 4) is 22.9 Å². The highest BCUT2D eigenvalue weighted by molar-refractivity contribution is 7.21. The van der Waals surface area contributed by atoms with E-state index in [1.807, 2.05) is 24.3 Å². The van der Waals surface area contributed by atoms with E-state index in [1.54, 1.807) is 18.5 Å². The summed E-state index contributed by atoms with van der Waals surface area (Å²) in [5.41, 5.74) is 1.70. The van der Waals surface area contributed by atoms with Gasteiger partial charge >= 0.3 is 5.00 Å². The minimum Gasteiger partial charge on any atom is -0.454 e. The van der Waals surface area contributed by atoms with E-state index in [0.29, 0.717) is 39.9 Å². The molecular weight excluding hydrogens is 394 g/mol. The number of nitro groups is 1. The second-order valence-corrected chi connectivity index (χ2v) is 7.25. The molecule has 0 amide bonds. The number of benzene rings is 1. The van der Waals surface area contributed by atoms with E-state index in [1.165, 1.54) is 6.07 Å². The zero-order valence-corrected chi connectivity index (χ0v) is 15.7. The Morgan fingerprint density at radius 2 is 2.07 bits per heavy atom. The van der Waals surface area contributed by atoms with Gasteiger partial charge in [-0.25, -0.2) is 9.97 Å². The first-order valence-electron chi connectivity index (χ1n) is 8.66. The lowest BCUT2D eigenvalue weighted by atomic mass is 10.2. The van der Waals surface area contributed by atoms with Crippen LogP contribution in [-0.2, 0) is 6.54 Å². The molecule has 1 aliphatic heterocycles. The summed E-state index contributed by atoms with van der Waals surface area (Å²) in [5, 5.41) is 15.1. The van der Waals surface area contributed by atoms with Crippen molar-refractivity contribution in [3.63, 3.8) is 0 Å². The summed E-state index contributed by atoms with van der Waals surface area (Å²) in [4.78, 5) is 24.6. The van der Waals surface area contributed by atoms with E-state index >= 15 is 0 Å². The Hall–Kier alpha value is -3.79. The van der Waals surface area contributed by atoms with Crippen molar-refractivity contribution in [1.29, 1.82) is 0 Å². The number of aromatic nitrogens is 3. The maximum atomic E-state index is 11.2. The maximum Gasteiger partial charge on any atom is 0.326 e. The van der Waals surface area contributed by atoms with Gasteiger partial charge in [-0.2, -0.15) is 0 Å². The van der Waals surface area contributed by atoms with E-state index in [2.05, 4.69) is 20.3 Å². The molecule has 0 spiro atoms. The smallest absolute Gasteiger partial charge is 0.326 e. The third-order valence-electron chi connectivity index (χ3n) is 4.38. The first-order valence-corrected chi connectivity index (χ1v) is 9.48. The molecule has 1 aromatic carbocycles. The van der Waals surface area contributed by atoms with Gasteiger partial charge in [-0.15, -0.1) is 0 Å². The van der Waals surface area contributed by atoms with Crippen molar-refractivity contribution in [2.45, 2.75) is 6.54 Å². The first kappa shape index (κ1) is 17.3. The summed E-state index contributed by atoms with van der Waals surface area (Å²) < 4.78 is 10.7. The van der Waals surface area contributed by atoms with E-state index in [9.17, 15) is 10.1 Å². The Bertz CT molecular complexity index is 1230. The van der Waals surface area contributed by atoms with Gasteiger partial charge in [0, 0.05) is 30.6 Å². The number of nitrogens with one attached hydrogen (secondary N) is 1. The lowest BCUT2D eigenvalue weighted by Gasteiger charge is -2.09. The van der Waals surface area contributed by atoms with Crippen molar-refractivity contribution < 1.29 is 14.4 Å². The highest BCUT2D eigenvalue weighted by Gasteiger charge is 2.19. The summed E-state index contributed by atoms with van der Waals surface area (Å²) in [6.07, 6.45) is 3.32. The molecule has 0 saturated carbocycles. The fourth-order valence-corrected chi connectivity index (χ4v) is 3.84. The Morgan fingerprint density at radius 1 is 1.17 bits per heavy atom. The van der Waals surface area contributed by atoms with E-state index < -0.39 is 4.92 Å². The van der Waals surface area contributed by atoms with Gasteiger partial charge in [0.2, 0.25) is 6.79 Å². The molecule has 0 radical (unpaired) electrons. The number of hydrogen-bond acceptors (Lipinski definition) is 9. The molecule has 144 valence electrons. The van der Waals surface area contributed by atoms with Gasteiger partial charge in [-0.1, -0.05) is 6.07 Å². The molecule has 4 aromatic rings. The molecule has 29 heavy (non-hydrogen) atoms. The van der Waals surface area contributed by atoms with E-state index in [-0.39, 0.29) is 11.8 Å². The molecule has 0 atom stereocenters. The fourth-order valence-electron chi connectivity index (χ4n) is 2.99. The standard InChI is InChI=1S/C19H13N5O4S/c25-24(26)16-7-13-18(21-8-11-3-4-14-15(6-11)28-10-27-14)22-17(23-19(13)29-16)12-2-1-5-20-9-12/h1-7,9H,8,10H2,(H,21,22,23). The SMILES string of the molecule is O=[N+]([O-])c1cc2c(NCc3ccc4c(c3)OCO4)nc(-c3cccnc3)nc2s1. The number of pyridine rings is 1. The second kappa shape index (κ2) is 6.99. The van der Waals surface area contributed by atoms with Crippen LogP contribution < -0.4 is 14.8 Å². The van der Waals surface area contributed by atoms with Crippen LogP contribution in [0.25, 0.3) is 21.6 Å². The van der Waals surface area contributed by atoms with Gasteiger partial charge in [0.25, 0.3) is 0 Å². The third kappa shape index (κ3) is 3.29. The summed E-state index contributed by atoms with van der Waals surface area (Å²) >= 11 is 1.02. The van der Waals surface area contributed by atoms with Gasteiger partial charge in [0.15, 0.2) is 17.3 Å². The van der Waals surface area contributed by atoms with Gasteiger partial charge in [-0.05, 0) is 41.2 Å². The molecule has 0 saturated heterocycles. The predicted molar refractivity (Wildman–Crippen MR) is 107 cm³/mol. The summed E-state index contributed by atoms with van der Waals surface area (Å²) in [7, 11) is 0. The minimum absolute atomic E-state index is 0.0174. The highest BCUT2D eigenvalue weighted by Crippen LogP contribution is 2.36. The molecule has 1 aliphatic rings. The second-order valence-electron chi connectivity index (χ2n) is 6.24. The van der Waals surface area contributed by atoms with Crippen molar-refractivity contribution in [3.05, 3.63) is 64.5 Å². The number of anilines is 1. The topological polar surface area (TPSA) is 112 Å². The Kier molecular flexibility index (Phi) is 4.17. The number of thiophene rings is 1. The van der Waals surface area contributed by atoms with Gasteiger partial charge in [0.05, 0.1) is 10.3 Å². The Balaban J connectivity index is 1.53. The van der Waals surface area contributed by atoms with Gasteiger partial charge < -0.3 is 14.8 Å². The molecule has 9 nitrogen and oxygen atoms in total. The normalized spacial score (nSPS) is 12.3. The van der Waals surface area contributed by atoms with E-state index in [0.717, 1.165) is 22.5 Å². The zero-order valence-electron chi connectivity index (χ0n) is 14.9. The molecule has 5 rings (SSSR count). The van der Waals surface area contributed by atoms with Crippen molar-refractivity contribution in [2.24, 2.45) is 0 Å². The molecule has 10 heteroatoms. The average Bonchev–Trinajstić information content (AvgIpc) is 3.39. The lowest BCUT2D eigenvalue weighted by Crippen LogP contribution is -2.03. The molecular formula is C19H13N5O4S. The largest absolute Gasteiger partial charge is 0.454 e. The first-order chi connectivity index (χ1) is 14.2. The fraction of sp³-hybridized carbons (Fsp3) is 0.105. The monoisotopic (exact) mass is 407 g/mol. The number of hydrogen-bond donors (Lipinski definition) is 1.